The van der Waals surface area contributed by atoms with Gasteiger partial charge in [-0.3, -0.25) is 14.2 Å². The number of nitrogen functional groups attached to an aromatic ring is 1. The molecule has 1 amide bonds. The predicted molar refractivity (Wildman–Crippen MR) is 155 cm³/mol. The third-order valence-electron chi connectivity index (χ3n) is 6.68. The van der Waals surface area contributed by atoms with Crippen molar-refractivity contribution in [2.24, 2.45) is 0 Å². The monoisotopic (exact) mass is 624 g/mol. The van der Waals surface area contributed by atoms with Crippen LogP contribution in [-0.2, 0) is 24.5 Å². The second-order valence-electron chi connectivity index (χ2n) is 9.32. The van der Waals surface area contributed by atoms with Crippen molar-refractivity contribution in [2.75, 3.05) is 31.9 Å². The Morgan fingerprint density at radius 3 is 2.42 bits per heavy atom. The number of benzene rings is 1. The van der Waals surface area contributed by atoms with Gasteiger partial charge in [-0.05, 0) is 31.8 Å². The molecule has 3 aromatic rings. The highest BCUT2D eigenvalue weighted by Crippen LogP contribution is 2.35. The van der Waals surface area contributed by atoms with Gasteiger partial charge in [-0.2, -0.15) is 13.1 Å². The fourth-order valence-electron chi connectivity index (χ4n) is 4.26. The number of halogens is 1. The summed E-state index contributed by atoms with van der Waals surface area (Å²) in [7, 11) is -4.48. The fourth-order valence-corrected chi connectivity index (χ4v) is 5.07. The molecule has 4 atom stereocenters. The van der Waals surface area contributed by atoms with Gasteiger partial charge in [-0.15, -0.1) is 0 Å². The summed E-state index contributed by atoms with van der Waals surface area (Å²) in [6.07, 6.45) is -3.76. The van der Waals surface area contributed by atoms with Crippen LogP contribution in [0.4, 0.5) is 10.2 Å². The third-order valence-corrected chi connectivity index (χ3v) is 7.68. The van der Waals surface area contributed by atoms with Gasteiger partial charge in [0.15, 0.2) is 30.0 Å². The Hall–Kier alpha value is -3.93. The first-order valence-electron chi connectivity index (χ1n) is 13.7. The van der Waals surface area contributed by atoms with Gasteiger partial charge in [-0.25, -0.2) is 24.1 Å². The molecule has 0 radical (unpaired) electrons. The molecule has 0 saturated carbocycles. The number of nitrogens with two attached hydrogens (primary N) is 1. The molecule has 1 aliphatic heterocycles. The number of aromatic nitrogens is 4. The highest BCUT2D eigenvalue weighted by molar-refractivity contribution is 7.88. The van der Waals surface area contributed by atoms with Crippen LogP contribution in [0.2, 0.25) is 0 Å². The Kier molecular flexibility index (Phi) is 11.7. The number of nitrogens with one attached hydrogen (secondary N) is 2. The zero-order valence-electron chi connectivity index (χ0n) is 24.3. The summed E-state index contributed by atoms with van der Waals surface area (Å²) in [4.78, 5) is 38.5. The van der Waals surface area contributed by atoms with Crippen molar-refractivity contribution < 1.29 is 37.0 Å². The van der Waals surface area contributed by atoms with Crippen LogP contribution in [0.3, 0.4) is 0 Å². The average molecular weight is 625 g/mol. The highest BCUT2D eigenvalue weighted by atomic mass is 32.2. The van der Waals surface area contributed by atoms with Gasteiger partial charge in [-0.1, -0.05) is 39.8 Å². The van der Waals surface area contributed by atoms with E-state index in [1.165, 1.54) is 61.7 Å². The molecule has 236 valence electrons. The second-order valence-corrected chi connectivity index (χ2v) is 10.8. The van der Waals surface area contributed by atoms with E-state index in [9.17, 15) is 23.1 Å². The summed E-state index contributed by atoms with van der Waals surface area (Å²) < 4.78 is 56.3. The van der Waals surface area contributed by atoms with Gasteiger partial charge in [0.25, 0.3) is 5.91 Å². The van der Waals surface area contributed by atoms with Crippen molar-refractivity contribution >= 4 is 39.1 Å². The van der Waals surface area contributed by atoms with Crippen LogP contribution in [0.15, 0.2) is 36.9 Å². The standard InChI is InChI=1S/C20H22FN7O7S.C6H15N/c1-2-13(30)35-16-12(7-26-36(32,33)27-19(31)10-5-3-4-6-11(10)29)34-20(14(16)21)28-9-25-15-17(22)23-8-24-18(15)28;1-4-7(5-2)6-3/h3-6,8-9,12,14,16,20,26,29H,2,7H2,1H3,(H,27,31)(H2,22,23,24);4-6H2,1-3H3/t12-,14-,16-,20-;/m1./s1. The van der Waals surface area contributed by atoms with Crippen LogP contribution in [-0.4, -0.2) is 94.4 Å². The zero-order chi connectivity index (χ0) is 31.7. The van der Waals surface area contributed by atoms with Crippen molar-refractivity contribution in [3.05, 3.63) is 42.5 Å². The summed E-state index contributed by atoms with van der Waals surface area (Å²) in [5.41, 5.74) is 5.86. The van der Waals surface area contributed by atoms with Crippen molar-refractivity contribution in [3.63, 3.8) is 0 Å². The molecule has 43 heavy (non-hydrogen) atoms. The van der Waals surface area contributed by atoms with Crippen molar-refractivity contribution in [1.82, 2.24) is 33.9 Å². The number of anilines is 1. The molecule has 1 aliphatic rings. The Morgan fingerprint density at radius 1 is 1.14 bits per heavy atom. The van der Waals surface area contributed by atoms with E-state index < -0.39 is 59.0 Å². The topological polar surface area (TPSA) is 204 Å². The van der Waals surface area contributed by atoms with E-state index in [0.717, 1.165) is 6.33 Å². The number of aromatic hydroxyl groups is 1. The molecule has 5 N–H and O–H groups in total. The molecular weight excluding hydrogens is 587 g/mol. The minimum absolute atomic E-state index is 0.0548. The lowest BCUT2D eigenvalue weighted by atomic mass is 10.1. The Balaban J connectivity index is 0.000000646. The maximum absolute atomic E-state index is 15.5. The number of alkyl halides is 1. The molecule has 0 aliphatic carbocycles. The van der Waals surface area contributed by atoms with E-state index in [4.69, 9.17) is 15.2 Å². The van der Waals surface area contributed by atoms with Crippen LogP contribution in [0.1, 0.15) is 50.7 Å². The van der Waals surface area contributed by atoms with E-state index in [2.05, 4.69) is 45.3 Å². The van der Waals surface area contributed by atoms with Crippen LogP contribution >= 0.6 is 0 Å². The minimum atomic E-state index is -4.48. The van der Waals surface area contributed by atoms with Gasteiger partial charge in [0.1, 0.15) is 23.7 Å². The molecular formula is C26H37FN8O7S. The third kappa shape index (κ3) is 8.34. The molecule has 0 spiro atoms. The van der Waals surface area contributed by atoms with Crippen molar-refractivity contribution in [3.8, 4) is 5.75 Å². The normalized spacial score (nSPS) is 20.0. The maximum atomic E-state index is 15.5. The number of fused-ring (bicyclic) bond motifs is 1. The fraction of sp³-hybridized carbons (Fsp3) is 0.500. The molecule has 1 saturated heterocycles. The second kappa shape index (κ2) is 15.0. The smallest absolute Gasteiger partial charge is 0.305 e. The van der Waals surface area contributed by atoms with Gasteiger partial charge in [0, 0.05) is 13.0 Å². The van der Waals surface area contributed by atoms with Crippen LogP contribution < -0.4 is 15.2 Å². The van der Waals surface area contributed by atoms with E-state index in [-0.39, 0.29) is 29.0 Å². The van der Waals surface area contributed by atoms with Crippen LogP contribution in [0.25, 0.3) is 11.2 Å². The number of carbonyl (C=O) groups is 2. The first-order valence-corrected chi connectivity index (χ1v) is 15.2. The highest BCUT2D eigenvalue weighted by Gasteiger charge is 2.49. The van der Waals surface area contributed by atoms with Crippen molar-refractivity contribution in [1.29, 1.82) is 0 Å². The number of para-hydroxylation sites is 1. The number of amides is 1. The Labute approximate surface area is 248 Å². The van der Waals surface area contributed by atoms with Gasteiger partial charge >= 0.3 is 16.2 Å². The van der Waals surface area contributed by atoms with Gasteiger partial charge < -0.3 is 25.2 Å². The molecule has 3 heterocycles. The van der Waals surface area contributed by atoms with Gasteiger partial charge in [0.2, 0.25) is 0 Å². The van der Waals surface area contributed by atoms with Crippen LogP contribution in [0, 0.1) is 0 Å². The molecule has 4 rings (SSSR count). The minimum Gasteiger partial charge on any atom is -0.507 e. The van der Waals surface area contributed by atoms with E-state index in [1.54, 1.807) is 4.72 Å². The van der Waals surface area contributed by atoms with Crippen LogP contribution in [0.5, 0.6) is 5.75 Å². The number of rotatable bonds is 11. The number of ether oxygens (including phenoxy) is 2. The predicted octanol–water partition coefficient (Wildman–Crippen LogP) is 1.28. The summed E-state index contributed by atoms with van der Waals surface area (Å²) >= 11 is 0. The molecule has 0 bridgehead atoms. The number of phenols is 1. The SMILES string of the molecule is CCC(=O)O[C@H]1[C@@H](F)[C@H](n2cnc3c(N)ncnc32)O[C@@H]1CNS(=O)(=O)NC(=O)c1ccccc1O.CCN(CC)CC. The van der Waals surface area contributed by atoms with Crippen molar-refractivity contribution in [2.45, 2.75) is 58.7 Å². The number of hydrogen-bond donors (Lipinski definition) is 4. The zero-order valence-corrected chi connectivity index (χ0v) is 25.1. The van der Waals surface area contributed by atoms with E-state index in [0.29, 0.717) is 0 Å². The number of carbonyl (C=O) groups excluding carboxylic acids is 2. The Morgan fingerprint density at radius 2 is 1.81 bits per heavy atom. The molecule has 17 heteroatoms. The quantitative estimate of drug-likeness (QED) is 0.223. The summed E-state index contributed by atoms with van der Waals surface area (Å²) in [5.74, 6) is -2.18. The average Bonchev–Trinajstić information content (AvgIpc) is 3.54. The number of esters is 1. The summed E-state index contributed by atoms with van der Waals surface area (Å²) in [5, 5.41) is 9.75. The largest absolute Gasteiger partial charge is 0.507 e. The first kappa shape index (κ1) is 33.6. The lowest BCUT2D eigenvalue weighted by molar-refractivity contribution is -0.153. The molecule has 15 nitrogen and oxygen atoms in total. The number of nitrogens with zero attached hydrogens (tertiary/aromatic N) is 5. The van der Waals surface area contributed by atoms with E-state index in [1.807, 2.05) is 0 Å². The first-order chi connectivity index (χ1) is 20.5. The lowest BCUT2D eigenvalue weighted by Gasteiger charge is -2.20. The molecule has 1 aromatic carbocycles. The lowest BCUT2D eigenvalue weighted by Crippen LogP contribution is -2.46. The number of hydrogen-bond acceptors (Lipinski definition) is 12. The molecule has 1 fully saturated rings. The Bertz CT molecular complexity index is 1500. The van der Waals surface area contributed by atoms with Gasteiger partial charge in [0.05, 0.1) is 11.9 Å². The van der Waals surface area contributed by atoms with E-state index >= 15 is 4.39 Å². The maximum Gasteiger partial charge on any atom is 0.305 e. The summed E-state index contributed by atoms with van der Waals surface area (Å²) in [6, 6.07) is 5.34. The molecule has 2 aromatic heterocycles. The molecule has 0 unspecified atom stereocenters. The number of phenolic OH excluding ortho intramolecular Hbond substituents is 1. The number of imidazole rings is 1. The summed E-state index contributed by atoms with van der Waals surface area (Å²) in [6.45, 7) is 11.1.